The van der Waals surface area contributed by atoms with Gasteiger partial charge in [0.15, 0.2) is 0 Å². The molecular formula is C16H15F2N. The Balaban J connectivity index is 1.76. The standard InChI is InChI=1S/C16H15F2N/c17-14-7-13(8-15(18)9-14)12-3-1-11(2-4-12)10-19-16-5-6-16/h1-4,7-9,16,19H,5-6,10H2. The number of nitrogens with one attached hydrogen (secondary N) is 1. The van der Waals surface area contributed by atoms with Crippen LogP contribution < -0.4 is 5.32 Å². The fourth-order valence-electron chi connectivity index (χ4n) is 2.09. The van der Waals surface area contributed by atoms with Crippen molar-refractivity contribution in [1.29, 1.82) is 0 Å². The van der Waals surface area contributed by atoms with Crippen molar-refractivity contribution in [3.8, 4) is 11.1 Å². The van der Waals surface area contributed by atoms with E-state index in [0.717, 1.165) is 18.2 Å². The topological polar surface area (TPSA) is 12.0 Å². The molecule has 1 aliphatic carbocycles. The van der Waals surface area contributed by atoms with Crippen molar-refractivity contribution in [3.63, 3.8) is 0 Å². The van der Waals surface area contributed by atoms with Gasteiger partial charge in [0.25, 0.3) is 0 Å². The lowest BCUT2D eigenvalue weighted by atomic mass is 10.0. The van der Waals surface area contributed by atoms with Crippen LogP contribution in [0.4, 0.5) is 8.78 Å². The Hall–Kier alpha value is -1.74. The first-order valence-electron chi connectivity index (χ1n) is 6.49. The molecular weight excluding hydrogens is 244 g/mol. The van der Waals surface area contributed by atoms with Gasteiger partial charge in [-0.1, -0.05) is 24.3 Å². The first-order chi connectivity index (χ1) is 9.20. The average molecular weight is 259 g/mol. The predicted octanol–water partition coefficient (Wildman–Crippen LogP) is 3.88. The maximum absolute atomic E-state index is 13.2. The quantitative estimate of drug-likeness (QED) is 0.878. The molecule has 0 amide bonds. The molecule has 3 rings (SSSR count). The minimum atomic E-state index is -0.547. The smallest absolute Gasteiger partial charge is 0.126 e. The van der Waals surface area contributed by atoms with Gasteiger partial charge in [-0.05, 0) is 41.7 Å². The second kappa shape index (κ2) is 5.10. The lowest BCUT2D eigenvalue weighted by Gasteiger charge is -2.06. The van der Waals surface area contributed by atoms with Crippen LogP contribution in [0.5, 0.6) is 0 Å². The van der Waals surface area contributed by atoms with Crippen LogP contribution >= 0.6 is 0 Å². The van der Waals surface area contributed by atoms with E-state index in [0.29, 0.717) is 11.6 Å². The molecule has 0 aromatic heterocycles. The van der Waals surface area contributed by atoms with Crippen LogP contribution in [0.15, 0.2) is 42.5 Å². The van der Waals surface area contributed by atoms with E-state index in [-0.39, 0.29) is 0 Å². The average Bonchev–Trinajstić information content (AvgIpc) is 3.20. The second-order valence-corrected chi connectivity index (χ2v) is 5.01. The molecule has 0 unspecified atom stereocenters. The van der Waals surface area contributed by atoms with Crippen molar-refractivity contribution in [2.75, 3.05) is 0 Å². The summed E-state index contributed by atoms with van der Waals surface area (Å²) in [6, 6.07) is 12.0. The molecule has 0 bridgehead atoms. The van der Waals surface area contributed by atoms with Gasteiger partial charge in [-0.2, -0.15) is 0 Å². The van der Waals surface area contributed by atoms with Crippen LogP contribution in [-0.2, 0) is 6.54 Å². The molecule has 0 spiro atoms. The van der Waals surface area contributed by atoms with Crippen molar-refractivity contribution in [3.05, 3.63) is 59.7 Å². The Morgan fingerprint density at radius 1 is 0.895 bits per heavy atom. The molecule has 2 aromatic carbocycles. The van der Waals surface area contributed by atoms with E-state index in [9.17, 15) is 8.78 Å². The number of benzene rings is 2. The fraction of sp³-hybridized carbons (Fsp3) is 0.250. The van der Waals surface area contributed by atoms with Gasteiger partial charge < -0.3 is 5.32 Å². The van der Waals surface area contributed by atoms with Crippen molar-refractivity contribution >= 4 is 0 Å². The van der Waals surface area contributed by atoms with E-state index in [4.69, 9.17) is 0 Å². The van der Waals surface area contributed by atoms with Crippen molar-refractivity contribution in [1.82, 2.24) is 5.32 Å². The van der Waals surface area contributed by atoms with Gasteiger partial charge in [0.05, 0.1) is 0 Å². The summed E-state index contributed by atoms with van der Waals surface area (Å²) in [7, 11) is 0. The molecule has 19 heavy (non-hydrogen) atoms. The second-order valence-electron chi connectivity index (χ2n) is 5.01. The molecule has 1 aliphatic rings. The van der Waals surface area contributed by atoms with Crippen molar-refractivity contribution in [2.24, 2.45) is 0 Å². The van der Waals surface area contributed by atoms with Crippen LogP contribution in [0.3, 0.4) is 0 Å². The largest absolute Gasteiger partial charge is 0.310 e. The summed E-state index contributed by atoms with van der Waals surface area (Å²) in [5, 5.41) is 3.43. The first kappa shape index (κ1) is 12.3. The molecule has 98 valence electrons. The molecule has 0 radical (unpaired) electrons. The Bertz CT molecular complexity index is 554. The van der Waals surface area contributed by atoms with E-state index in [1.54, 1.807) is 0 Å². The molecule has 0 aliphatic heterocycles. The minimum Gasteiger partial charge on any atom is -0.310 e. The summed E-state index contributed by atoms with van der Waals surface area (Å²) in [4.78, 5) is 0. The van der Waals surface area contributed by atoms with Gasteiger partial charge in [-0.15, -0.1) is 0 Å². The van der Waals surface area contributed by atoms with Crippen LogP contribution in [-0.4, -0.2) is 6.04 Å². The van der Waals surface area contributed by atoms with Crippen molar-refractivity contribution < 1.29 is 8.78 Å². The molecule has 0 atom stereocenters. The molecule has 1 N–H and O–H groups in total. The highest BCUT2D eigenvalue weighted by atomic mass is 19.1. The van der Waals surface area contributed by atoms with E-state index in [1.807, 2.05) is 24.3 Å². The third kappa shape index (κ3) is 3.18. The maximum Gasteiger partial charge on any atom is 0.126 e. The number of halogens is 2. The maximum atomic E-state index is 13.2. The Morgan fingerprint density at radius 3 is 2.11 bits per heavy atom. The third-order valence-electron chi connectivity index (χ3n) is 3.32. The SMILES string of the molecule is Fc1cc(F)cc(-c2ccc(CNC3CC3)cc2)c1. The third-order valence-corrected chi connectivity index (χ3v) is 3.32. The highest BCUT2D eigenvalue weighted by molar-refractivity contribution is 5.63. The molecule has 0 heterocycles. The predicted molar refractivity (Wildman–Crippen MR) is 71.7 cm³/mol. The molecule has 2 aromatic rings. The zero-order chi connectivity index (χ0) is 13.2. The number of hydrogen-bond donors (Lipinski definition) is 1. The Labute approximate surface area is 111 Å². The van der Waals surface area contributed by atoms with E-state index in [1.165, 1.54) is 30.5 Å². The summed E-state index contributed by atoms with van der Waals surface area (Å²) in [5.74, 6) is -1.09. The van der Waals surface area contributed by atoms with Crippen LogP contribution in [0.2, 0.25) is 0 Å². The monoisotopic (exact) mass is 259 g/mol. The summed E-state index contributed by atoms with van der Waals surface area (Å²) in [5.41, 5.74) is 2.58. The van der Waals surface area contributed by atoms with Crippen molar-refractivity contribution in [2.45, 2.75) is 25.4 Å². The van der Waals surface area contributed by atoms with Crippen LogP contribution in [0, 0.1) is 11.6 Å². The Kier molecular flexibility index (Phi) is 3.30. The lowest BCUT2D eigenvalue weighted by molar-refractivity contribution is 0.584. The van der Waals surface area contributed by atoms with E-state index < -0.39 is 11.6 Å². The molecule has 1 saturated carbocycles. The molecule has 1 nitrogen and oxygen atoms in total. The lowest BCUT2D eigenvalue weighted by Crippen LogP contribution is -2.14. The van der Waals surface area contributed by atoms with Crippen LogP contribution in [0.25, 0.3) is 11.1 Å². The number of rotatable bonds is 4. The highest BCUT2D eigenvalue weighted by Gasteiger charge is 2.19. The fourth-order valence-corrected chi connectivity index (χ4v) is 2.09. The van der Waals surface area contributed by atoms with E-state index >= 15 is 0 Å². The molecule has 0 saturated heterocycles. The first-order valence-corrected chi connectivity index (χ1v) is 6.49. The molecule has 3 heteroatoms. The number of hydrogen-bond acceptors (Lipinski definition) is 1. The Morgan fingerprint density at radius 2 is 1.53 bits per heavy atom. The summed E-state index contributed by atoms with van der Waals surface area (Å²) >= 11 is 0. The van der Waals surface area contributed by atoms with Gasteiger partial charge in [-0.3, -0.25) is 0 Å². The minimum absolute atomic E-state index is 0.547. The van der Waals surface area contributed by atoms with Gasteiger partial charge in [0.1, 0.15) is 11.6 Å². The highest BCUT2D eigenvalue weighted by Crippen LogP contribution is 2.23. The zero-order valence-electron chi connectivity index (χ0n) is 10.5. The van der Waals surface area contributed by atoms with Crippen LogP contribution in [0.1, 0.15) is 18.4 Å². The zero-order valence-corrected chi connectivity index (χ0v) is 10.5. The summed E-state index contributed by atoms with van der Waals surface area (Å²) in [6.45, 7) is 0.850. The molecule has 1 fully saturated rings. The van der Waals surface area contributed by atoms with Gasteiger partial charge in [0, 0.05) is 18.7 Å². The normalized spacial score (nSPS) is 14.6. The summed E-state index contributed by atoms with van der Waals surface area (Å²) < 4.78 is 26.3. The van der Waals surface area contributed by atoms with Gasteiger partial charge in [-0.25, -0.2) is 8.78 Å². The van der Waals surface area contributed by atoms with Gasteiger partial charge in [0.2, 0.25) is 0 Å². The van der Waals surface area contributed by atoms with E-state index in [2.05, 4.69) is 5.32 Å². The summed E-state index contributed by atoms with van der Waals surface area (Å²) in [6.07, 6.45) is 2.53. The van der Waals surface area contributed by atoms with Gasteiger partial charge >= 0.3 is 0 Å².